The summed E-state index contributed by atoms with van der Waals surface area (Å²) in [6.45, 7) is 7.84. The molecule has 1 fully saturated rings. The molecule has 3 rings (SSSR count). The Labute approximate surface area is 121 Å². The molecule has 0 saturated carbocycles. The molecule has 1 aliphatic heterocycles. The first-order valence-corrected chi connectivity index (χ1v) is 7.55. The maximum Gasteiger partial charge on any atom is 0.118 e. The second-order valence-corrected chi connectivity index (χ2v) is 6.35. The highest BCUT2D eigenvalue weighted by molar-refractivity contribution is 5.31. The van der Waals surface area contributed by atoms with Gasteiger partial charge < -0.3 is 9.47 Å². The van der Waals surface area contributed by atoms with Gasteiger partial charge in [0, 0.05) is 5.92 Å². The molecule has 0 amide bonds. The summed E-state index contributed by atoms with van der Waals surface area (Å²) in [5.41, 5.74) is 2.75. The highest BCUT2D eigenvalue weighted by Gasteiger charge is 2.43. The lowest BCUT2D eigenvalue weighted by Crippen LogP contribution is -2.42. The number of methoxy groups -OCH3 is 1. The summed E-state index contributed by atoms with van der Waals surface area (Å²) >= 11 is 0. The molecule has 0 unspecified atom stereocenters. The van der Waals surface area contributed by atoms with Crippen molar-refractivity contribution in [2.24, 2.45) is 23.7 Å². The van der Waals surface area contributed by atoms with E-state index < -0.39 is 0 Å². The Morgan fingerprint density at radius 3 is 2.50 bits per heavy atom. The van der Waals surface area contributed by atoms with Crippen LogP contribution in [0.3, 0.4) is 0 Å². The van der Waals surface area contributed by atoms with Gasteiger partial charge in [0.05, 0.1) is 19.8 Å². The third-order valence-electron chi connectivity index (χ3n) is 5.21. The Morgan fingerprint density at radius 2 is 1.85 bits per heavy atom. The van der Waals surface area contributed by atoms with Gasteiger partial charge in [-0.1, -0.05) is 37.6 Å². The molecule has 1 aliphatic carbocycles. The second-order valence-electron chi connectivity index (χ2n) is 6.35. The molecule has 0 radical (unpaired) electrons. The SMILES string of the molecule is COc1ccc([C@@H]2OC[C@H]3[C@@H](C)[C@@H]2C(C)=C[C@H]3C)cc1. The number of rotatable bonds is 2. The molecular formula is C18H24O2. The molecule has 2 heteroatoms. The van der Waals surface area contributed by atoms with Crippen LogP contribution in [0.2, 0.25) is 0 Å². The summed E-state index contributed by atoms with van der Waals surface area (Å²) in [5.74, 6) is 3.41. The van der Waals surface area contributed by atoms with E-state index in [1.165, 1.54) is 11.1 Å². The maximum atomic E-state index is 6.23. The smallest absolute Gasteiger partial charge is 0.118 e. The molecule has 0 aromatic heterocycles. The van der Waals surface area contributed by atoms with Crippen LogP contribution < -0.4 is 4.74 Å². The minimum Gasteiger partial charge on any atom is -0.497 e. The number of allylic oxidation sites excluding steroid dienone is 1. The van der Waals surface area contributed by atoms with E-state index in [4.69, 9.17) is 9.47 Å². The van der Waals surface area contributed by atoms with Gasteiger partial charge in [-0.3, -0.25) is 0 Å². The van der Waals surface area contributed by atoms with Crippen LogP contribution in [0.4, 0.5) is 0 Å². The molecule has 2 bridgehead atoms. The van der Waals surface area contributed by atoms with Crippen LogP contribution in [0.5, 0.6) is 5.75 Å². The van der Waals surface area contributed by atoms with Crippen LogP contribution >= 0.6 is 0 Å². The van der Waals surface area contributed by atoms with Crippen molar-refractivity contribution >= 4 is 0 Å². The largest absolute Gasteiger partial charge is 0.497 e. The molecule has 2 nitrogen and oxygen atoms in total. The fourth-order valence-corrected chi connectivity index (χ4v) is 4.04. The van der Waals surface area contributed by atoms with Gasteiger partial charge in [-0.25, -0.2) is 0 Å². The summed E-state index contributed by atoms with van der Waals surface area (Å²) in [7, 11) is 1.70. The lowest BCUT2D eigenvalue weighted by molar-refractivity contribution is -0.0934. The minimum atomic E-state index is 0.191. The Balaban J connectivity index is 1.92. The molecule has 0 spiro atoms. The zero-order chi connectivity index (χ0) is 14.3. The first-order valence-electron chi connectivity index (χ1n) is 7.55. The minimum absolute atomic E-state index is 0.191. The Hall–Kier alpha value is -1.28. The zero-order valence-corrected chi connectivity index (χ0v) is 12.8. The van der Waals surface area contributed by atoms with E-state index in [0.29, 0.717) is 23.7 Å². The van der Waals surface area contributed by atoms with E-state index in [2.05, 4.69) is 39.0 Å². The highest BCUT2D eigenvalue weighted by atomic mass is 16.5. The second kappa shape index (κ2) is 5.25. The maximum absolute atomic E-state index is 6.23. The van der Waals surface area contributed by atoms with Gasteiger partial charge in [0.1, 0.15) is 5.75 Å². The van der Waals surface area contributed by atoms with Gasteiger partial charge in [-0.15, -0.1) is 0 Å². The molecule has 5 atom stereocenters. The number of fused-ring (bicyclic) bond motifs is 2. The average molecular weight is 272 g/mol. The molecule has 1 aromatic carbocycles. The van der Waals surface area contributed by atoms with Gasteiger partial charge in [0.15, 0.2) is 0 Å². The van der Waals surface area contributed by atoms with E-state index in [9.17, 15) is 0 Å². The van der Waals surface area contributed by atoms with Crippen molar-refractivity contribution in [3.63, 3.8) is 0 Å². The van der Waals surface area contributed by atoms with Crippen molar-refractivity contribution in [3.8, 4) is 5.75 Å². The predicted octanol–water partition coefficient (Wildman–Crippen LogP) is 4.23. The first kappa shape index (κ1) is 13.7. The van der Waals surface area contributed by atoms with Gasteiger partial charge in [-0.2, -0.15) is 0 Å². The Morgan fingerprint density at radius 1 is 1.15 bits per heavy atom. The normalized spacial score (nSPS) is 36.4. The number of benzene rings is 1. The molecule has 0 N–H and O–H groups in total. The van der Waals surface area contributed by atoms with Crippen molar-refractivity contribution in [3.05, 3.63) is 41.5 Å². The van der Waals surface area contributed by atoms with E-state index in [1.807, 2.05) is 12.1 Å². The summed E-state index contributed by atoms with van der Waals surface area (Å²) in [6.07, 6.45) is 2.64. The lowest BCUT2D eigenvalue weighted by atomic mass is 9.64. The van der Waals surface area contributed by atoms with Crippen LogP contribution in [-0.4, -0.2) is 13.7 Å². The number of hydrogen-bond donors (Lipinski definition) is 0. The zero-order valence-electron chi connectivity index (χ0n) is 12.8. The summed E-state index contributed by atoms with van der Waals surface area (Å²) < 4.78 is 11.5. The van der Waals surface area contributed by atoms with Crippen molar-refractivity contribution in [2.75, 3.05) is 13.7 Å². The van der Waals surface area contributed by atoms with E-state index in [-0.39, 0.29) is 6.10 Å². The standard InChI is InChI=1S/C18H24O2/c1-11-9-12(2)17-13(3)16(11)10-20-18(17)14-5-7-15(19-4)8-6-14/h5-9,11,13,16-18H,10H2,1-4H3/t11-,13-,16-,17+,18+/m1/s1. The third-order valence-corrected chi connectivity index (χ3v) is 5.21. The molecular weight excluding hydrogens is 248 g/mol. The van der Waals surface area contributed by atoms with Gasteiger partial charge >= 0.3 is 0 Å². The Bertz CT molecular complexity index is 503. The molecule has 2 aliphatic rings. The topological polar surface area (TPSA) is 18.5 Å². The lowest BCUT2D eigenvalue weighted by Gasteiger charge is -2.47. The van der Waals surface area contributed by atoms with Crippen molar-refractivity contribution in [1.29, 1.82) is 0 Å². The average Bonchev–Trinajstić information content (AvgIpc) is 2.45. The van der Waals surface area contributed by atoms with Crippen LogP contribution in [0.1, 0.15) is 32.4 Å². The van der Waals surface area contributed by atoms with Crippen LogP contribution in [0.15, 0.2) is 35.9 Å². The van der Waals surface area contributed by atoms with E-state index in [0.717, 1.165) is 12.4 Å². The fourth-order valence-electron chi connectivity index (χ4n) is 4.04. The van der Waals surface area contributed by atoms with E-state index >= 15 is 0 Å². The summed E-state index contributed by atoms with van der Waals surface area (Å²) in [6, 6.07) is 8.34. The van der Waals surface area contributed by atoms with E-state index in [1.54, 1.807) is 7.11 Å². The molecule has 108 valence electrons. The molecule has 20 heavy (non-hydrogen) atoms. The van der Waals surface area contributed by atoms with Gasteiger partial charge in [0.25, 0.3) is 0 Å². The highest BCUT2D eigenvalue weighted by Crippen LogP contribution is 2.49. The van der Waals surface area contributed by atoms with Crippen molar-refractivity contribution < 1.29 is 9.47 Å². The van der Waals surface area contributed by atoms with Gasteiger partial charge in [-0.05, 0) is 42.4 Å². The van der Waals surface area contributed by atoms with Crippen LogP contribution in [-0.2, 0) is 4.74 Å². The molecule has 1 saturated heterocycles. The van der Waals surface area contributed by atoms with Crippen molar-refractivity contribution in [2.45, 2.75) is 26.9 Å². The fraction of sp³-hybridized carbons (Fsp3) is 0.556. The monoisotopic (exact) mass is 272 g/mol. The summed E-state index contributed by atoms with van der Waals surface area (Å²) in [5, 5.41) is 0. The molecule has 1 aromatic rings. The Kier molecular flexibility index (Phi) is 3.59. The van der Waals surface area contributed by atoms with Crippen molar-refractivity contribution in [1.82, 2.24) is 0 Å². The molecule has 1 heterocycles. The first-order chi connectivity index (χ1) is 9.61. The van der Waals surface area contributed by atoms with Crippen LogP contribution in [0.25, 0.3) is 0 Å². The van der Waals surface area contributed by atoms with Crippen LogP contribution in [0, 0.1) is 23.7 Å². The number of ether oxygens (including phenoxy) is 2. The quantitative estimate of drug-likeness (QED) is 0.750. The third kappa shape index (κ3) is 2.16. The predicted molar refractivity (Wildman–Crippen MR) is 80.8 cm³/mol. The summed E-state index contributed by atoms with van der Waals surface area (Å²) in [4.78, 5) is 0. The van der Waals surface area contributed by atoms with Gasteiger partial charge in [0.2, 0.25) is 0 Å². The number of hydrogen-bond acceptors (Lipinski definition) is 2.